The van der Waals surface area contributed by atoms with Gasteiger partial charge >= 0.3 is 0 Å². The number of likely N-dealkylation sites (N-methyl/N-ethyl adjacent to an activating group) is 1. The zero-order valence-electron chi connectivity index (χ0n) is 12.1. The molecule has 2 nitrogen and oxygen atoms in total. The fourth-order valence-corrected chi connectivity index (χ4v) is 2.79. The smallest absolute Gasteiger partial charge is 0.137 e. The van der Waals surface area contributed by atoms with Gasteiger partial charge in [0, 0.05) is 19.1 Å². The zero-order chi connectivity index (χ0) is 15.2. The first-order chi connectivity index (χ1) is 10.1. The lowest BCUT2D eigenvalue weighted by atomic mass is 10.0. The summed E-state index contributed by atoms with van der Waals surface area (Å²) in [6, 6.07) is 15.5. The SMILES string of the molecule is CN(CCc1ccccc1)C(CN)c1ccc(F)c(Br)c1. The van der Waals surface area contributed by atoms with Crippen molar-refractivity contribution in [3.8, 4) is 0 Å². The molecule has 1 unspecified atom stereocenters. The lowest BCUT2D eigenvalue weighted by Gasteiger charge is -2.27. The van der Waals surface area contributed by atoms with Crippen LogP contribution in [0.15, 0.2) is 53.0 Å². The highest BCUT2D eigenvalue weighted by atomic mass is 79.9. The lowest BCUT2D eigenvalue weighted by molar-refractivity contribution is 0.253. The van der Waals surface area contributed by atoms with Crippen molar-refractivity contribution >= 4 is 15.9 Å². The number of nitrogens with zero attached hydrogens (tertiary/aromatic N) is 1. The van der Waals surface area contributed by atoms with E-state index >= 15 is 0 Å². The highest BCUT2D eigenvalue weighted by Crippen LogP contribution is 2.24. The van der Waals surface area contributed by atoms with E-state index in [1.165, 1.54) is 11.6 Å². The number of rotatable bonds is 6. The van der Waals surface area contributed by atoms with Gasteiger partial charge in [0.2, 0.25) is 0 Å². The molecule has 2 N–H and O–H groups in total. The predicted octanol–water partition coefficient (Wildman–Crippen LogP) is 3.76. The molecule has 0 aliphatic heterocycles. The van der Waals surface area contributed by atoms with Gasteiger partial charge in [-0.15, -0.1) is 0 Å². The summed E-state index contributed by atoms with van der Waals surface area (Å²) in [6.07, 6.45) is 0.968. The largest absolute Gasteiger partial charge is 0.329 e. The molecule has 112 valence electrons. The van der Waals surface area contributed by atoms with E-state index in [9.17, 15) is 4.39 Å². The zero-order valence-corrected chi connectivity index (χ0v) is 13.7. The third-order valence-electron chi connectivity index (χ3n) is 3.68. The van der Waals surface area contributed by atoms with Crippen LogP contribution in [-0.2, 0) is 6.42 Å². The molecule has 2 rings (SSSR count). The molecule has 0 aliphatic rings. The molecule has 0 saturated heterocycles. The highest BCUT2D eigenvalue weighted by molar-refractivity contribution is 9.10. The standard InChI is InChI=1S/C17H20BrFN2/c1-21(10-9-13-5-3-2-4-6-13)17(12-20)14-7-8-16(19)15(18)11-14/h2-8,11,17H,9-10,12,20H2,1H3. The van der Waals surface area contributed by atoms with E-state index in [2.05, 4.69) is 40.0 Å². The summed E-state index contributed by atoms with van der Waals surface area (Å²) >= 11 is 3.23. The Balaban J connectivity index is 2.04. The first-order valence-corrected chi connectivity index (χ1v) is 7.80. The minimum absolute atomic E-state index is 0.0885. The van der Waals surface area contributed by atoms with Crippen molar-refractivity contribution in [1.29, 1.82) is 0 Å². The molecule has 2 aromatic carbocycles. The number of nitrogens with two attached hydrogens (primary N) is 1. The predicted molar refractivity (Wildman–Crippen MR) is 88.7 cm³/mol. The minimum Gasteiger partial charge on any atom is -0.329 e. The fraction of sp³-hybridized carbons (Fsp3) is 0.294. The van der Waals surface area contributed by atoms with E-state index in [0.29, 0.717) is 11.0 Å². The Bertz CT molecular complexity index is 574. The lowest BCUT2D eigenvalue weighted by Crippen LogP contribution is -2.32. The number of benzene rings is 2. The minimum atomic E-state index is -0.249. The van der Waals surface area contributed by atoms with Crippen LogP contribution in [0.25, 0.3) is 0 Å². The summed E-state index contributed by atoms with van der Waals surface area (Å²) in [5.74, 6) is -0.249. The van der Waals surface area contributed by atoms with Crippen LogP contribution in [0.4, 0.5) is 4.39 Å². The molecule has 0 radical (unpaired) electrons. The molecular weight excluding hydrogens is 331 g/mol. The molecule has 4 heteroatoms. The average Bonchev–Trinajstić information content (AvgIpc) is 2.50. The molecule has 0 aromatic heterocycles. The van der Waals surface area contributed by atoms with Crippen LogP contribution < -0.4 is 5.73 Å². The summed E-state index contributed by atoms with van der Waals surface area (Å²) in [4.78, 5) is 2.21. The van der Waals surface area contributed by atoms with Gasteiger partial charge in [0.1, 0.15) is 5.82 Å². The Morgan fingerprint density at radius 2 is 1.90 bits per heavy atom. The molecule has 0 saturated carbocycles. The van der Waals surface area contributed by atoms with Gasteiger partial charge in [0.05, 0.1) is 4.47 Å². The summed E-state index contributed by atoms with van der Waals surface area (Å²) < 4.78 is 13.8. The number of hydrogen-bond acceptors (Lipinski definition) is 2. The molecule has 0 bridgehead atoms. The van der Waals surface area contributed by atoms with Gasteiger partial charge < -0.3 is 5.73 Å². The number of hydrogen-bond donors (Lipinski definition) is 1. The summed E-state index contributed by atoms with van der Waals surface area (Å²) in [5, 5.41) is 0. The third kappa shape index (κ3) is 4.37. The van der Waals surface area contributed by atoms with Gasteiger partial charge in [-0.3, -0.25) is 4.90 Å². The fourth-order valence-electron chi connectivity index (χ4n) is 2.40. The van der Waals surface area contributed by atoms with Crippen LogP contribution in [0.1, 0.15) is 17.2 Å². The van der Waals surface area contributed by atoms with Gasteiger partial charge in [-0.2, -0.15) is 0 Å². The number of halogens is 2. The molecule has 0 aliphatic carbocycles. The second-order valence-electron chi connectivity index (χ2n) is 5.14. The maximum absolute atomic E-state index is 13.3. The third-order valence-corrected chi connectivity index (χ3v) is 4.29. The van der Waals surface area contributed by atoms with Crippen molar-refractivity contribution < 1.29 is 4.39 Å². The van der Waals surface area contributed by atoms with E-state index < -0.39 is 0 Å². The molecule has 0 spiro atoms. The molecule has 21 heavy (non-hydrogen) atoms. The van der Waals surface area contributed by atoms with Crippen LogP contribution >= 0.6 is 15.9 Å². The maximum Gasteiger partial charge on any atom is 0.137 e. The quantitative estimate of drug-likeness (QED) is 0.859. The van der Waals surface area contributed by atoms with Crippen LogP contribution in [-0.4, -0.2) is 25.0 Å². The van der Waals surface area contributed by atoms with Crippen LogP contribution in [0.5, 0.6) is 0 Å². The molecule has 1 atom stereocenters. The monoisotopic (exact) mass is 350 g/mol. The van der Waals surface area contributed by atoms with Gasteiger partial charge in [0.25, 0.3) is 0 Å². The van der Waals surface area contributed by atoms with Crippen LogP contribution in [0, 0.1) is 5.82 Å². The average molecular weight is 351 g/mol. The summed E-state index contributed by atoms with van der Waals surface area (Å²) in [5.41, 5.74) is 8.25. The topological polar surface area (TPSA) is 29.3 Å². The van der Waals surface area contributed by atoms with Gasteiger partial charge in [-0.1, -0.05) is 36.4 Å². The van der Waals surface area contributed by atoms with Crippen molar-refractivity contribution in [2.45, 2.75) is 12.5 Å². The Kier molecular flexibility index (Phi) is 5.91. The van der Waals surface area contributed by atoms with Gasteiger partial charge in [-0.25, -0.2) is 4.39 Å². The molecule has 0 heterocycles. The van der Waals surface area contributed by atoms with E-state index in [4.69, 9.17) is 5.73 Å². The second-order valence-corrected chi connectivity index (χ2v) is 6.00. The van der Waals surface area contributed by atoms with Crippen molar-refractivity contribution in [2.75, 3.05) is 20.1 Å². The van der Waals surface area contributed by atoms with E-state index in [0.717, 1.165) is 18.5 Å². The maximum atomic E-state index is 13.3. The van der Waals surface area contributed by atoms with E-state index in [-0.39, 0.29) is 11.9 Å². The Hall–Kier alpha value is -1.23. The molecule has 0 fully saturated rings. The summed E-state index contributed by atoms with van der Waals surface area (Å²) in [7, 11) is 2.05. The summed E-state index contributed by atoms with van der Waals surface area (Å²) in [6.45, 7) is 1.41. The van der Waals surface area contributed by atoms with Crippen LogP contribution in [0.2, 0.25) is 0 Å². The Labute approximate surface area is 133 Å². The van der Waals surface area contributed by atoms with Crippen molar-refractivity contribution in [3.63, 3.8) is 0 Å². The Morgan fingerprint density at radius 3 is 2.52 bits per heavy atom. The van der Waals surface area contributed by atoms with Crippen molar-refractivity contribution in [2.24, 2.45) is 5.73 Å². The molecule has 0 amide bonds. The van der Waals surface area contributed by atoms with Crippen molar-refractivity contribution in [3.05, 3.63) is 69.9 Å². The molecule has 2 aromatic rings. The Morgan fingerprint density at radius 1 is 1.19 bits per heavy atom. The van der Waals surface area contributed by atoms with E-state index in [1.54, 1.807) is 6.07 Å². The van der Waals surface area contributed by atoms with Crippen LogP contribution in [0.3, 0.4) is 0 Å². The molecular formula is C17H20BrFN2. The van der Waals surface area contributed by atoms with Crippen molar-refractivity contribution in [1.82, 2.24) is 4.90 Å². The normalized spacial score (nSPS) is 12.6. The van der Waals surface area contributed by atoms with Gasteiger partial charge in [-0.05, 0) is 52.7 Å². The van der Waals surface area contributed by atoms with E-state index in [1.807, 2.05) is 24.3 Å². The van der Waals surface area contributed by atoms with Gasteiger partial charge in [0.15, 0.2) is 0 Å². The first kappa shape index (κ1) is 16.1. The highest BCUT2D eigenvalue weighted by Gasteiger charge is 2.16. The second kappa shape index (κ2) is 7.69. The first-order valence-electron chi connectivity index (χ1n) is 7.01.